The van der Waals surface area contributed by atoms with Gasteiger partial charge in [-0.25, -0.2) is 0 Å². The highest BCUT2D eigenvalue weighted by molar-refractivity contribution is 5.64. The van der Waals surface area contributed by atoms with Gasteiger partial charge in [0, 0.05) is 5.56 Å². The molecule has 94 valence electrons. The molecular weight excluding hydrogens is 243 g/mol. The maximum absolute atomic E-state index is 13.0. The van der Waals surface area contributed by atoms with Crippen molar-refractivity contribution in [1.29, 1.82) is 0 Å². The van der Waals surface area contributed by atoms with Gasteiger partial charge >= 0.3 is 6.18 Å². The second-order valence-electron chi connectivity index (χ2n) is 3.64. The Hall–Kier alpha value is -2.04. The molecule has 0 saturated heterocycles. The zero-order chi connectivity index (χ0) is 13.2. The minimum absolute atomic E-state index is 0.0852. The topological polar surface area (TPSA) is 22.1 Å². The van der Waals surface area contributed by atoms with E-state index in [-0.39, 0.29) is 11.4 Å². The van der Waals surface area contributed by atoms with E-state index in [1.807, 2.05) is 0 Å². The second-order valence-corrected chi connectivity index (χ2v) is 3.64. The fourth-order valence-corrected chi connectivity index (χ4v) is 1.60. The smallest absolute Gasteiger partial charge is 0.418 e. The molecule has 2 aromatic rings. The van der Waals surface area contributed by atoms with Crippen LogP contribution in [-0.4, -0.2) is 12.1 Å². The van der Waals surface area contributed by atoms with Crippen LogP contribution in [0.2, 0.25) is 0 Å². The SMILES string of the molecule is COc1cnc(-c2ccccc2)c(C(F)(F)F)c1. The summed E-state index contributed by atoms with van der Waals surface area (Å²) in [5.41, 5.74) is -0.468. The van der Waals surface area contributed by atoms with Crippen molar-refractivity contribution in [1.82, 2.24) is 4.98 Å². The molecule has 18 heavy (non-hydrogen) atoms. The lowest BCUT2D eigenvalue weighted by atomic mass is 10.1. The van der Waals surface area contributed by atoms with Gasteiger partial charge in [-0.3, -0.25) is 4.98 Å². The summed E-state index contributed by atoms with van der Waals surface area (Å²) in [4.78, 5) is 3.84. The maximum atomic E-state index is 13.0. The lowest BCUT2D eigenvalue weighted by Crippen LogP contribution is -2.09. The van der Waals surface area contributed by atoms with Crippen LogP contribution in [0.1, 0.15) is 5.56 Å². The number of halogens is 3. The molecular formula is C13H10F3NO. The van der Waals surface area contributed by atoms with Gasteiger partial charge in [-0.1, -0.05) is 30.3 Å². The lowest BCUT2D eigenvalue weighted by molar-refractivity contribution is -0.137. The largest absolute Gasteiger partial charge is 0.495 e. The van der Waals surface area contributed by atoms with Crippen molar-refractivity contribution in [3.63, 3.8) is 0 Å². The van der Waals surface area contributed by atoms with E-state index in [1.165, 1.54) is 13.3 Å². The van der Waals surface area contributed by atoms with Crippen molar-refractivity contribution in [2.45, 2.75) is 6.18 Å². The molecule has 1 heterocycles. The highest BCUT2D eigenvalue weighted by atomic mass is 19.4. The maximum Gasteiger partial charge on any atom is 0.418 e. The van der Waals surface area contributed by atoms with Crippen molar-refractivity contribution in [2.24, 2.45) is 0 Å². The predicted octanol–water partition coefficient (Wildman–Crippen LogP) is 3.78. The highest BCUT2D eigenvalue weighted by Crippen LogP contribution is 2.37. The summed E-state index contributed by atoms with van der Waals surface area (Å²) < 4.78 is 43.6. The zero-order valence-corrected chi connectivity index (χ0v) is 9.53. The number of benzene rings is 1. The van der Waals surface area contributed by atoms with Crippen LogP contribution in [0.5, 0.6) is 5.75 Å². The minimum atomic E-state index is -4.47. The summed E-state index contributed by atoms with van der Waals surface area (Å²) in [7, 11) is 1.30. The van der Waals surface area contributed by atoms with E-state index >= 15 is 0 Å². The molecule has 0 fully saturated rings. The third-order valence-electron chi connectivity index (χ3n) is 2.45. The van der Waals surface area contributed by atoms with Gasteiger partial charge in [0.15, 0.2) is 0 Å². The van der Waals surface area contributed by atoms with Crippen molar-refractivity contribution in [2.75, 3.05) is 7.11 Å². The molecule has 0 aliphatic carbocycles. The van der Waals surface area contributed by atoms with Gasteiger partial charge in [0.1, 0.15) is 5.75 Å². The van der Waals surface area contributed by atoms with Crippen LogP contribution in [-0.2, 0) is 6.18 Å². The Bertz CT molecular complexity index is 538. The Balaban J connectivity index is 2.61. The average Bonchev–Trinajstić information content (AvgIpc) is 2.38. The molecule has 5 heteroatoms. The summed E-state index contributed by atoms with van der Waals surface area (Å²) in [6, 6.07) is 9.20. The summed E-state index contributed by atoms with van der Waals surface area (Å²) in [5.74, 6) is 0.0852. The Labute approximate surface area is 102 Å². The normalized spacial score (nSPS) is 11.3. The Kier molecular flexibility index (Phi) is 3.23. The van der Waals surface area contributed by atoms with E-state index in [9.17, 15) is 13.2 Å². The van der Waals surface area contributed by atoms with E-state index in [2.05, 4.69) is 4.98 Å². The van der Waals surface area contributed by atoms with Gasteiger partial charge in [-0.05, 0) is 6.07 Å². The molecule has 0 radical (unpaired) electrons. The molecule has 0 spiro atoms. The first-order chi connectivity index (χ1) is 8.52. The van der Waals surface area contributed by atoms with Crippen LogP contribution in [0.15, 0.2) is 42.6 Å². The first-order valence-electron chi connectivity index (χ1n) is 5.19. The highest BCUT2D eigenvalue weighted by Gasteiger charge is 2.35. The van der Waals surface area contributed by atoms with E-state index in [1.54, 1.807) is 30.3 Å². The fraction of sp³-hybridized carbons (Fsp3) is 0.154. The van der Waals surface area contributed by atoms with E-state index in [0.29, 0.717) is 5.56 Å². The van der Waals surface area contributed by atoms with Crippen LogP contribution in [0.25, 0.3) is 11.3 Å². The summed E-state index contributed by atoms with van der Waals surface area (Å²) in [5, 5.41) is 0. The summed E-state index contributed by atoms with van der Waals surface area (Å²) in [6.45, 7) is 0. The monoisotopic (exact) mass is 253 g/mol. The van der Waals surface area contributed by atoms with Gasteiger partial charge in [0.25, 0.3) is 0 Å². The molecule has 0 bridgehead atoms. The second kappa shape index (κ2) is 4.68. The molecule has 2 rings (SSSR count). The molecule has 0 aliphatic rings. The molecule has 0 unspecified atom stereocenters. The van der Waals surface area contributed by atoms with Gasteiger partial charge in [0.2, 0.25) is 0 Å². The van der Waals surface area contributed by atoms with Crippen LogP contribution in [0.3, 0.4) is 0 Å². The van der Waals surface area contributed by atoms with Crippen molar-refractivity contribution < 1.29 is 17.9 Å². The number of aromatic nitrogens is 1. The lowest BCUT2D eigenvalue weighted by Gasteiger charge is -2.13. The van der Waals surface area contributed by atoms with E-state index in [4.69, 9.17) is 4.74 Å². The number of rotatable bonds is 2. The van der Waals surface area contributed by atoms with Crippen LogP contribution in [0, 0.1) is 0 Å². The molecule has 1 aromatic carbocycles. The number of nitrogens with zero attached hydrogens (tertiary/aromatic N) is 1. The quantitative estimate of drug-likeness (QED) is 0.812. The molecule has 0 saturated carbocycles. The van der Waals surface area contributed by atoms with Crippen molar-refractivity contribution in [3.8, 4) is 17.0 Å². The number of hydrogen-bond donors (Lipinski definition) is 0. The predicted molar refractivity (Wildman–Crippen MR) is 61.2 cm³/mol. The zero-order valence-electron chi connectivity index (χ0n) is 9.53. The average molecular weight is 253 g/mol. The number of hydrogen-bond acceptors (Lipinski definition) is 2. The molecule has 0 atom stereocenters. The van der Waals surface area contributed by atoms with E-state index < -0.39 is 11.7 Å². The van der Waals surface area contributed by atoms with Crippen LogP contribution >= 0.6 is 0 Å². The first kappa shape index (κ1) is 12.4. The van der Waals surface area contributed by atoms with E-state index in [0.717, 1.165) is 6.07 Å². The standard InChI is InChI=1S/C13H10F3NO/c1-18-10-7-11(13(14,15)16)12(17-8-10)9-5-3-2-4-6-9/h2-8H,1H3. The number of pyridine rings is 1. The van der Waals surface area contributed by atoms with Crippen LogP contribution in [0.4, 0.5) is 13.2 Å². The molecule has 0 amide bonds. The molecule has 1 aromatic heterocycles. The number of ether oxygens (including phenoxy) is 1. The first-order valence-corrected chi connectivity index (χ1v) is 5.19. The Morgan fingerprint density at radius 2 is 1.78 bits per heavy atom. The molecule has 0 N–H and O–H groups in total. The summed E-state index contributed by atoms with van der Waals surface area (Å²) in [6.07, 6.45) is -3.19. The number of alkyl halides is 3. The van der Waals surface area contributed by atoms with Gasteiger partial charge in [-0.15, -0.1) is 0 Å². The van der Waals surface area contributed by atoms with Crippen molar-refractivity contribution in [3.05, 3.63) is 48.2 Å². The van der Waals surface area contributed by atoms with Gasteiger partial charge < -0.3 is 4.74 Å². The summed E-state index contributed by atoms with van der Waals surface area (Å²) >= 11 is 0. The number of methoxy groups -OCH3 is 1. The Morgan fingerprint density at radius 1 is 1.11 bits per heavy atom. The third kappa shape index (κ3) is 2.45. The third-order valence-corrected chi connectivity index (χ3v) is 2.45. The van der Waals surface area contributed by atoms with Crippen LogP contribution < -0.4 is 4.74 Å². The van der Waals surface area contributed by atoms with Gasteiger partial charge in [0.05, 0.1) is 24.6 Å². The Morgan fingerprint density at radius 3 is 2.33 bits per heavy atom. The fourth-order valence-electron chi connectivity index (χ4n) is 1.60. The minimum Gasteiger partial charge on any atom is -0.495 e. The molecule has 2 nitrogen and oxygen atoms in total. The van der Waals surface area contributed by atoms with Crippen molar-refractivity contribution >= 4 is 0 Å². The van der Waals surface area contributed by atoms with Gasteiger partial charge in [-0.2, -0.15) is 13.2 Å². The molecule has 0 aliphatic heterocycles.